The molecule has 2 heterocycles. The van der Waals surface area contributed by atoms with Crippen LogP contribution in [0.4, 0.5) is 0 Å². The summed E-state index contributed by atoms with van der Waals surface area (Å²) in [5.41, 5.74) is 0.674. The highest BCUT2D eigenvalue weighted by atomic mass is 16.7. The second-order valence-electron chi connectivity index (χ2n) is 8.67. The van der Waals surface area contributed by atoms with Crippen molar-refractivity contribution in [3.63, 3.8) is 0 Å². The van der Waals surface area contributed by atoms with Gasteiger partial charge in [0.2, 0.25) is 0 Å². The molecule has 0 saturated carbocycles. The monoisotopic (exact) mass is 306 g/mol. The van der Waals surface area contributed by atoms with Gasteiger partial charge in [0.05, 0.1) is 17.2 Å². The molecule has 1 aromatic heterocycles. The molecule has 1 unspecified atom stereocenters. The zero-order valence-electron chi connectivity index (χ0n) is 15.4. The van der Waals surface area contributed by atoms with E-state index in [1.54, 1.807) is 0 Å². The first-order valence-electron chi connectivity index (χ1n) is 8.35. The van der Waals surface area contributed by atoms with Gasteiger partial charge < -0.3 is 9.31 Å². The summed E-state index contributed by atoms with van der Waals surface area (Å²) in [5, 5.41) is 4.57. The average molecular weight is 306 g/mol. The zero-order chi connectivity index (χ0) is 16.8. The highest BCUT2D eigenvalue weighted by molar-refractivity contribution is 6.61. The number of nitrogens with zero attached hydrogens (tertiary/aromatic N) is 2. The minimum atomic E-state index is -0.328. The van der Waals surface area contributed by atoms with Crippen molar-refractivity contribution < 1.29 is 9.31 Å². The minimum Gasteiger partial charge on any atom is -0.399 e. The van der Waals surface area contributed by atoms with Crippen LogP contribution in [0.25, 0.3) is 0 Å². The molecule has 1 aliphatic heterocycles. The van der Waals surface area contributed by atoms with Crippen LogP contribution >= 0.6 is 0 Å². The predicted molar refractivity (Wildman–Crippen MR) is 91.3 cm³/mol. The Balaban J connectivity index is 2.15. The SMILES string of the molecule is CCC(CC(C)(C)C)n1cc(B2OC(C)(C)C(C)(C)O2)cn1. The van der Waals surface area contributed by atoms with Gasteiger partial charge in [-0.05, 0) is 46.0 Å². The third kappa shape index (κ3) is 3.57. The highest BCUT2D eigenvalue weighted by Gasteiger charge is 2.52. The van der Waals surface area contributed by atoms with Crippen molar-refractivity contribution in [2.45, 2.75) is 85.5 Å². The Kier molecular flexibility index (Phi) is 4.53. The van der Waals surface area contributed by atoms with Gasteiger partial charge in [0, 0.05) is 17.9 Å². The zero-order valence-corrected chi connectivity index (χ0v) is 15.4. The molecule has 1 saturated heterocycles. The smallest absolute Gasteiger partial charge is 0.399 e. The fourth-order valence-electron chi connectivity index (χ4n) is 2.79. The standard InChI is InChI=1S/C17H31BN2O2/c1-9-14(10-15(2,3)4)20-12-13(11-19-20)18-21-16(5,6)17(7,8)22-18/h11-12,14H,9-10H2,1-8H3. The molecule has 0 radical (unpaired) electrons. The maximum absolute atomic E-state index is 6.10. The van der Waals surface area contributed by atoms with E-state index in [1.807, 2.05) is 6.20 Å². The van der Waals surface area contributed by atoms with E-state index in [0.29, 0.717) is 6.04 Å². The summed E-state index contributed by atoms with van der Waals surface area (Å²) < 4.78 is 14.3. The van der Waals surface area contributed by atoms with Gasteiger partial charge >= 0.3 is 7.12 Å². The van der Waals surface area contributed by atoms with Crippen LogP contribution in [0, 0.1) is 5.41 Å². The Labute approximate surface area is 135 Å². The molecule has 1 aliphatic rings. The van der Waals surface area contributed by atoms with Gasteiger partial charge in [-0.15, -0.1) is 0 Å². The third-order valence-electron chi connectivity index (χ3n) is 4.84. The predicted octanol–water partition coefficient (Wildman–Crippen LogP) is 3.57. The number of hydrogen-bond donors (Lipinski definition) is 0. The number of aromatic nitrogens is 2. The van der Waals surface area contributed by atoms with Gasteiger partial charge in [-0.2, -0.15) is 5.10 Å². The van der Waals surface area contributed by atoms with E-state index in [9.17, 15) is 0 Å². The Hall–Kier alpha value is -0.805. The van der Waals surface area contributed by atoms with Gasteiger partial charge in [-0.3, -0.25) is 4.68 Å². The number of hydrogen-bond acceptors (Lipinski definition) is 3. The molecule has 0 aromatic carbocycles. The van der Waals surface area contributed by atoms with Crippen LogP contribution in [0.5, 0.6) is 0 Å². The van der Waals surface area contributed by atoms with Crippen LogP contribution in [-0.4, -0.2) is 28.1 Å². The Bertz CT molecular complexity index is 501. The van der Waals surface area contributed by atoms with Crippen molar-refractivity contribution in [2.24, 2.45) is 5.41 Å². The molecule has 0 bridgehead atoms. The normalized spacial score (nSPS) is 22.1. The van der Waals surface area contributed by atoms with Crippen LogP contribution in [0.15, 0.2) is 12.4 Å². The van der Waals surface area contributed by atoms with E-state index in [4.69, 9.17) is 9.31 Å². The van der Waals surface area contributed by atoms with Crippen molar-refractivity contribution in [3.8, 4) is 0 Å². The average Bonchev–Trinajstić information content (AvgIpc) is 2.89. The Morgan fingerprint density at radius 1 is 1.18 bits per heavy atom. The summed E-state index contributed by atoms with van der Waals surface area (Å²) in [5.74, 6) is 0. The molecule has 0 spiro atoms. The van der Waals surface area contributed by atoms with E-state index in [2.05, 4.69) is 71.4 Å². The van der Waals surface area contributed by atoms with Gasteiger partial charge in [0.1, 0.15) is 0 Å². The van der Waals surface area contributed by atoms with E-state index in [1.165, 1.54) is 0 Å². The molecule has 0 amide bonds. The lowest BCUT2D eigenvalue weighted by Crippen LogP contribution is -2.41. The lowest BCUT2D eigenvalue weighted by atomic mass is 9.81. The topological polar surface area (TPSA) is 36.3 Å². The van der Waals surface area contributed by atoms with Crippen molar-refractivity contribution in [1.29, 1.82) is 0 Å². The van der Waals surface area contributed by atoms with Crippen LogP contribution in [0.1, 0.15) is 74.3 Å². The van der Waals surface area contributed by atoms with Crippen LogP contribution in [0.2, 0.25) is 0 Å². The summed E-state index contributed by atoms with van der Waals surface area (Å²) in [4.78, 5) is 0. The molecule has 0 aliphatic carbocycles. The molecule has 1 fully saturated rings. The first-order valence-corrected chi connectivity index (χ1v) is 8.35. The van der Waals surface area contributed by atoms with Crippen molar-refractivity contribution in [3.05, 3.63) is 12.4 Å². The molecule has 1 atom stereocenters. The molecule has 5 heteroatoms. The van der Waals surface area contributed by atoms with E-state index in [0.717, 1.165) is 18.3 Å². The van der Waals surface area contributed by atoms with Crippen molar-refractivity contribution >= 4 is 12.6 Å². The molecule has 124 valence electrons. The fourth-order valence-corrected chi connectivity index (χ4v) is 2.79. The molecule has 22 heavy (non-hydrogen) atoms. The van der Waals surface area contributed by atoms with E-state index < -0.39 is 0 Å². The molecular formula is C17H31BN2O2. The van der Waals surface area contributed by atoms with Gasteiger partial charge in [-0.1, -0.05) is 27.7 Å². The summed E-state index contributed by atoms with van der Waals surface area (Å²) in [6, 6.07) is 0.413. The minimum absolute atomic E-state index is 0.289. The van der Waals surface area contributed by atoms with Crippen molar-refractivity contribution in [2.75, 3.05) is 0 Å². The maximum atomic E-state index is 6.10. The Morgan fingerprint density at radius 2 is 1.73 bits per heavy atom. The lowest BCUT2D eigenvalue weighted by molar-refractivity contribution is 0.00578. The molecule has 1 aromatic rings. The van der Waals surface area contributed by atoms with E-state index >= 15 is 0 Å². The number of rotatable bonds is 4. The highest BCUT2D eigenvalue weighted by Crippen LogP contribution is 2.36. The Morgan fingerprint density at radius 3 is 2.18 bits per heavy atom. The van der Waals surface area contributed by atoms with Gasteiger partial charge in [0.15, 0.2) is 0 Å². The van der Waals surface area contributed by atoms with Crippen LogP contribution in [-0.2, 0) is 9.31 Å². The molecule has 0 N–H and O–H groups in total. The summed E-state index contributed by atoms with van der Waals surface area (Å²) in [6.45, 7) is 17.3. The van der Waals surface area contributed by atoms with Crippen LogP contribution in [0.3, 0.4) is 0 Å². The maximum Gasteiger partial charge on any atom is 0.498 e. The molecule has 4 nitrogen and oxygen atoms in total. The fraction of sp³-hybridized carbons (Fsp3) is 0.824. The lowest BCUT2D eigenvalue weighted by Gasteiger charge is -2.32. The molecule has 2 rings (SSSR count). The first kappa shape index (κ1) is 17.5. The second kappa shape index (κ2) is 5.68. The van der Waals surface area contributed by atoms with Gasteiger partial charge in [-0.25, -0.2) is 0 Å². The first-order chi connectivity index (χ1) is 9.95. The van der Waals surface area contributed by atoms with Crippen LogP contribution < -0.4 is 5.46 Å². The second-order valence-corrected chi connectivity index (χ2v) is 8.67. The van der Waals surface area contributed by atoms with E-state index in [-0.39, 0.29) is 23.7 Å². The van der Waals surface area contributed by atoms with Crippen molar-refractivity contribution in [1.82, 2.24) is 9.78 Å². The largest absolute Gasteiger partial charge is 0.498 e. The van der Waals surface area contributed by atoms with Gasteiger partial charge in [0.25, 0.3) is 0 Å². The quantitative estimate of drug-likeness (QED) is 0.798. The molecular weight excluding hydrogens is 275 g/mol. The summed E-state index contributed by atoms with van der Waals surface area (Å²) >= 11 is 0. The third-order valence-corrected chi connectivity index (χ3v) is 4.84. The summed E-state index contributed by atoms with van der Waals surface area (Å²) in [6.07, 6.45) is 6.14. The summed E-state index contributed by atoms with van der Waals surface area (Å²) in [7, 11) is -0.328.